The molecule has 1 saturated heterocycles. The molecule has 0 bridgehead atoms. The minimum atomic E-state index is -0.220. The van der Waals surface area contributed by atoms with Crippen LogP contribution in [-0.2, 0) is 4.79 Å². The maximum atomic E-state index is 11.5. The molecule has 0 spiro atoms. The molecule has 0 saturated carbocycles. The van der Waals surface area contributed by atoms with Crippen molar-refractivity contribution < 1.29 is 4.79 Å². The number of nitrogens with one attached hydrogen (secondary N) is 1. The maximum absolute atomic E-state index is 11.5. The van der Waals surface area contributed by atoms with Crippen LogP contribution < -0.4 is 16.0 Å². The van der Waals surface area contributed by atoms with Crippen molar-refractivity contribution in [2.75, 3.05) is 23.7 Å². The van der Waals surface area contributed by atoms with Crippen molar-refractivity contribution in [3.63, 3.8) is 0 Å². The predicted octanol–water partition coefficient (Wildman–Crippen LogP) is -0.308. The van der Waals surface area contributed by atoms with Gasteiger partial charge in [0.15, 0.2) is 0 Å². The Morgan fingerprint density at radius 2 is 2.31 bits per heavy atom. The number of nitrogen functional groups attached to an aromatic ring is 1. The van der Waals surface area contributed by atoms with E-state index < -0.39 is 0 Å². The molecule has 0 aromatic carbocycles. The van der Waals surface area contributed by atoms with Gasteiger partial charge < -0.3 is 16.0 Å². The Morgan fingerprint density at radius 3 is 3.00 bits per heavy atom. The van der Waals surface area contributed by atoms with E-state index in [1.165, 1.54) is 0 Å². The van der Waals surface area contributed by atoms with E-state index in [4.69, 9.17) is 5.73 Å². The number of aromatic nitrogens is 2. The molecular weight excluding hydrogens is 206 g/mol. The van der Waals surface area contributed by atoms with Gasteiger partial charge in [-0.2, -0.15) is 0 Å². The summed E-state index contributed by atoms with van der Waals surface area (Å²) in [4.78, 5) is 21.8. The first-order chi connectivity index (χ1) is 7.58. The second kappa shape index (κ2) is 3.96. The van der Waals surface area contributed by atoms with Crippen molar-refractivity contribution in [1.29, 1.82) is 0 Å². The summed E-state index contributed by atoms with van der Waals surface area (Å²) in [5.74, 6) is 1.78. The van der Waals surface area contributed by atoms with Crippen LogP contribution in [0.4, 0.5) is 11.6 Å². The van der Waals surface area contributed by atoms with E-state index in [0.717, 1.165) is 6.54 Å². The number of rotatable bonds is 1. The summed E-state index contributed by atoms with van der Waals surface area (Å²) in [6.45, 7) is 5.01. The number of hydrogen-bond acceptors (Lipinski definition) is 5. The summed E-state index contributed by atoms with van der Waals surface area (Å²) in [6.07, 6.45) is 0. The van der Waals surface area contributed by atoms with Gasteiger partial charge in [-0.05, 0) is 13.8 Å². The molecule has 1 aromatic heterocycles. The third kappa shape index (κ3) is 1.91. The van der Waals surface area contributed by atoms with E-state index in [1.54, 1.807) is 13.0 Å². The van der Waals surface area contributed by atoms with Gasteiger partial charge in [0.1, 0.15) is 23.5 Å². The molecule has 0 aliphatic carbocycles. The van der Waals surface area contributed by atoms with Crippen LogP contribution in [0.1, 0.15) is 12.7 Å². The first-order valence-electron chi connectivity index (χ1n) is 5.23. The molecule has 1 aliphatic heterocycles. The SMILES string of the molecule is Cc1nc(N)cc(N2CCNC(=O)C2C)n1. The second-order valence-electron chi connectivity index (χ2n) is 3.86. The van der Waals surface area contributed by atoms with Gasteiger partial charge in [0, 0.05) is 19.2 Å². The highest BCUT2D eigenvalue weighted by Crippen LogP contribution is 2.17. The molecule has 1 unspecified atom stereocenters. The Bertz CT molecular complexity index is 399. The molecule has 86 valence electrons. The fraction of sp³-hybridized carbons (Fsp3) is 0.500. The Balaban J connectivity index is 2.32. The third-order valence-corrected chi connectivity index (χ3v) is 2.64. The largest absolute Gasteiger partial charge is 0.384 e. The van der Waals surface area contributed by atoms with Crippen LogP contribution in [0, 0.1) is 6.92 Å². The van der Waals surface area contributed by atoms with Gasteiger partial charge in [-0.1, -0.05) is 0 Å². The Hall–Kier alpha value is -1.85. The van der Waals surface area contributed by atoms with Gasteiger partial charge in [0.2, 0.25) is 5.91 Å². The lowest BCUT2D eigenvalue weighted by Crippen LogP contribution is -2.54. The van der Waals surface area contributed by atoms with Crippen molar-refractivity contribution in [3.05, 3.63) is 11.9 Å². The molecule has 0 radical (unpaired) electrons. The zero-order chi connectivity index (χ0) is 11.7. The monoisotopic (exact) mass is 221 g/mol. The number of piperazine rings is 1. The molecular formula is C10H15N5O. The van der Waals surface area contributed by atoms with Gasteiger partial charge in [0.25, 0.3) is 0 Å². The normalized spacial score (nSPS) is 20.8. The summed E-state index contributed by atoms with van der Waals surface area (Å²) in [6, 6.07) is 1.48. The van der Waals surface area contributed by atoms with Crippen LogP contribution in [0.25, 0.3) is 0 Å². The van der Waals surface area contributed by atoms with Gasteiger partial charge >= 0.3 is 0 Å². The summed E-state index contributed by atoms with van der Waals surface area (Å²) < 4.78 is 0. The predicted molar refractivity (Wildman–Crippen MR) is 61.0 cm³/mol. The molecule has 2 rings (SSSR count). The van der Waals surface area contributed by atoms with Crippen LogP contribution in [0.15, 0.2) is 6.07 Å². The maximum Gasteiger partial charge on any atom is 0.242 e. The standard InChI is InChI=1S/C10H15N5O/c1-6-10(16)12-3-4-15(6)9-5-8(11)13-7(2)14-9/h5-6H,3-4H2,1-2H3,(H,12,16)(H2,11,13,14). The number of hydrogen-bond donors (Lipinski definition) is 2. The van der Waals surface area contributed by atoms with Crippen molar-refractivity contribution in [1.82, 2.24) is 15.3 Å². The van der Waals surface area contributed by atoms with E-state index in [2.05, 4.69) is 15.3 Å². The molecule has 1 atom stereocenters. The molecule has 1 aliphatic rings. The fourth-order valence-corrected chi connectivity index (χ4v) is 1.82. The van der Waals surface area contributed by atoms with Gasteiger partial charge in [0.05, 0.1) is 0 Å². The zero-order valence-corrected chi connectivity index (χ0v) is 9.40. The van der Waals surface area contributed by atoms with Crippen molar-refractivity contribution in [2.45, 2.75) is 19.9 Å². The summed E-state index contributed by atoms with van der Waals surface area (Å²) >= 11 is 0. The average Bonchev–Trinajstić information content (AvgIpc) is 2.20. The Morgan fingerprint density at radius 1 is 1.56 bits per heavy atom. The smallest absolute Gasteiger partial charge is 0.242 e. The Kier molecular flexibility index (Phi) is 2.64. The van der Waals surface area contributed by atoms with Crippen LogP contribution in [0.2, 0.25) is 0 Å². The van der Waals surface area contributed by atoms with Crippen LogP contribution in [0.5, 0.6) is 0 Å². The first-order valence-corrected chi connectivity index (χ1v) is 5.23. The number of nitrogens with two attached hydrogens (primary N) is 1. The molecule has 1 aromatic rings. The number of carbonyl (C=O) groups excluding carboxylic acids is 1. The summed E-state index contributed by atoms with van der Waals surface area (Å²) in [5, 5.41) is 2.81. The second-order valence-corrected chi connectivity index (χ2v) is 3.86. The van der Waals surface area contributed by atoms with E-state index in [0.29, 0.717) is 24.0 Å². The van der Waals surface area contributed by atoms with Crippen LogP contribution >= 0.6 is 0 Å². The lowest BCUT2D eigenvalue weighted by Gasteiger charge is -2.33. The van der Waals surface area contributed by atoms with E-state index in [1.807, 2.05) is 11.8 Å². The fourth-order valence-electron chi connectivity index (χ4n) is 1.82. The average molecular weight is 221 g/mol. The summed E-state index contributed by atoms with van der Waals surface area (Å²) in [5.41, 5.74) is 5.67. The highest BCUT2D eigenvalue weighted by molar-refractivity contribution is 5.85. The lowest BCUT2D eigenvalue weighted by molar-refractivity contribution is -0.122. The quantitative estimate of drug-likeness (QED) is 0.679. The highest BCUT2D eigenvalue weighted by atomic mass is 16.2. The minimum Gasteiger partial charge on any atom is -0.384 e. The minimum absolute atomic E-state index is 0.0149. The number of nitrogens with zero attached hydrogens (tertiary/aromatic N) is 3. The molecule has 3 N–H and O–H groups in total. The van der Waals surface area contributed by atoms with Crippen molar-refractivity contribution >= 4 is 17.5 Å². The van der Waals surface area contributed by atoms with E-state index in [-0.39, 0.29) is 11.9 Å². The number of aryl methyl sites for hydroxylation is 1. The highest BCUT2D eigenvalue weighted by Gasteiger charge is 2.26. The summed E-state index contributed by atoms with van der Waals surface area (Å²) in [7, 11) is 0. The van der Waals surface area contributed by atoms with Crippen LogP contribution in [0.3, 0.4) is 0 Å². The van der Waals surface area contributed by atoms with Gasteiger partial charge in [-0.25, -0.2) is 9.97 Å². The number of carbonyl (C=O) groups is 1. The third-order valence-electron chi connectivity index (χ3n) is 2.64. The number of anilines is 2. The topological polar surface area (TPSA) is 84.1 Å². The lowest BCUT2D eigenvalue weighted by atomic mass is 10.2. The van der Waals surface area contributed by atoms with Crippen LogP contribution in [-0.4, -0.2) is 35.0 Å². The molecule has 1 amide bonds. The first kappa shape index (κ1) is 10.7. The molecule has 2 heterocycles. The van der Waals surface area contributed by atoms with Crippen molar-refractivity contribution in [3.8, 4) is 0 Å². The zero-order valence-electron chi connectivity index (χ0n) is 9.40. The van der Waals surface area contributed by atoms with Gasteiger partial charge in [-0.3, -0.25) is 4.79 Å². The molecule has 16 heavy (non-hydrogen) atoms. The molecule has 6 nitrogen and oxygen atoms in total. The number of amides is 1. The van der Waals surface area contributed by atoms with Crippen molar-refractivity contribution in [2.24, 2.45) is 0 Å². The molecule has 6 heteroatoms. The Labute approximate surface area is 93.9 Å². The van der Waals surface area contributed by atoms with Gasteiger partial charge in [-0.15, -0.1) is 0 Å². The molecule has 1 fully saturated rings. The van der Waals surface area contributed by atoms with E-state index >= 15 is 0 Å². The van der Waals surface area contributed by atoms with E-state index in [9.17, 15) is 4.79 Å².